The van der Waals surface area contributed by atoms with Crippen molar-refractivity contribution in [2.24, 2.45) is 0 Å². The first-order valence-electron chi connectivity index (χ1n) is 7.01. The summed E-state index contributed by atoms with van der Waals surface area (Å²) in [7, 11) is 1.71. The van der Waals surface area contributed by atoms with Gasteiger partial charge in [0.2, 0.25) is 0 Å². The molecule has 0 saturated carbocycles. The van der Waals surface area contributed by atoms with Crippen molar-refractivity contribution in [2.45, 2.75) is 38.3 Å². The van der Waals surface area contributed by atoms with Crippen LogP contribution >= 0.6 is 0 Å². The zero-order valence-electron chi connectivity index (χ0n) is 11.8. The summed E-state index contributed by atoms with van der Waals surface area (Å²) in [5.74, 6) is 1.55. The molecule has 3 atom stereocenters. The second kappa shape index (κ2) is 4.86. The van der Waals surface area contributed by atoms with Crippen LogP contribution in [0.5, 0.6) is 5.75 Å². The van der Waals surface area contributed by atoms with Crippen molar-refractivity contribution >= 4 is 10.8 Å². The van der Waals surface area contributed by atoms with Crippen molar-refractivity contribution in [2.75, 3.05) is 7.11 Å². The zero-order chi connectivity index (χ0) is 13.4. The normalized spacial score (nSPS) is 26.8. The minimum atomic E-state index is 0.561. The van der Waals surface area contributed by atoms with Gasteiger partial charge in [0.1, 0.15) is 5.75 Å². The van der Waals surface area contributed by atoms with Crippen LogP contribution in [0.3, 0.4) is 0 Å². The smallest absolute Gasteiger partial charge is 0.119 e. The maximum absolute atomic E-state index is 5.27. The summed E-state index contributed by atoms with van der Waals surface area (Å²) in [6, 6.07) is 14.3. The van der Waals surface area contributed by atoms with Crippen LogP contribution in [0.15, 0.2) is 36.4 Å². The van der Waals surface area contributed by atoms with E-state index >= 15 is 0 Å². The van der Waals surface area contributed by atoms with Gasteiger partial charge in [0, 0.05) is 18.0 Å². The zero-order valence-corrected chi connectivity index (χ0v) is 11.8. The van der Waals surface area contributed by atoms with Crippen LogP contribution in [0.4, 0.5) is 0 Å². The average Bonchev–Trinajstić information content (AvgIpc) is 2.76. The lowest BCUT2D eigenvalue weighted by atomic mass is 9.90. The largest absolute Gasteiger partial charge is 0.497 e. The molecule has 1 N–H and O–H groups in total. The molecular formula is C17H21NO. The van der Waals surface area contributed by atoms with E-state index in [9.17, 15) is 0 Å². The van der Waals surface area contributed by atoms with E-state index in [4.69, 9.17) is 4.74 Å². The van der Waals surface area contributed by atoms with E-state index in [-0.39, 0.29) is 0 Å². The van der Waals surface area contributed by atoms with Gasteiger partial charge in [-0.05, 0) is 48.7 Å². The Kier molecular flexibility index (Phi) is 3.19. The summed E-state index contributed by atoms with van der Waals surface area (Å²) in [5.41, 5.74) is 1.45. The molecule has 2 heteroatoms. The molecule has 1 fully saturated rings. The third kappa shape index (κ3) is 2.33. The fourth-order valence-corrected chi connectivity index (χ4v) is 3.24. The van der Waals surface area contributed by atoms with Gasteiger partial charge in [0.15, 0.2) is 0 Å². The Morgan fingerprint density at radius 2 is 1.79 bits per heavy atom. The lowest BCUT2D eigenvalue weighted by Gasteiger charge is -2.16. The van der Waals surface area contributed by atoms with Gasteiger partial charge in [0.25, 0.3) is 0 Å². The first kappa shape index (κ1) is 12.5. The number of hydrogen-bond donors (Lipinski definition) is 1. The van der Waals surface area contributed by atoms with Gasteiger partial charge in [-0.2, -0.15) is 0 Å². The van der Waals surface area contributed by atoms with Crippen molar-refractivity contribution in [1.29, 1.82) is 0 Å². The molecule has 1 saturated heterocycles. The highest BCUT2D eigenvalue weighted by Crippen LogP contribution is 2.33. The molecule has 0 radical (unpaired) electrons. The monoisotopic (exact) mass is 255 g/mol. The highest BCUT2D eigenvalue weighted by molar-refractivity contribution is 5.84. The summed E-state index contributed by atoms with van der Waals surface area (Å²) in [5, 5.41) is 6.15. The van der Waals surface area contributed by atoms with Crippen LogP contribution in [-0.2, 0) is 0 Å². The van der Waals surface area contributed by atoms with Crippen LogP contribution < -0.4 is 10.1 Å². The molecule has 3 rings (SSSR count). The second-order valence-corrected chi connectivity index (χ2v) is 5.67. The van der Waals surface area contributed by atoms with E-state index in [2.05, 4.69) is 49.5 Å². The fourth-order valence-electron chi connectivity index (χ4n) is 3.24. The number of rotatable bonds is 2. The molecule has 2 nitrogen and oxygen atoms in total. The van der Waals surface area contributed by atoms with Crippen molar-refractivity contribution < 1.29 is 4.74 Å². The summed E-state index contributed by atoms with van der Waals surface area (Å²) in [4.78, 5) is 0. The fraction of sp³-hybridized carbons (Fsp3) is 0.412. The Balaban J connectivity index is 1.98. The highest BCUT2D eigenvalue weighted by Gasteiger charge is 2.29. The van der Waals surface area contributed by atoms with Crippen molar-refractivity contribution in [3.05, 3.63) is 42.0 Å². The van der Waals surface area contributed by atoms with Gasteiger partial charge >= 0.3 is 0 Å². The molecule has 0 bridgehead atoms. The van der Waals surface area contributed by atoms with E-state index in [1.807, 2.05) is 6.07 Å². The van der Waals surface area contributed by atoms with Crippen LogP contribution in [0.25, 0.3) is 10.8 Å². The first-order chi connectivity index (χ1) is 9.17. The number of ether oxygens (including phenoxy) is 1. The molecule has 0 aromatic heterocycles. The standard InChI is InChI=1S/C17H21NO/c1-11-8-17(12(2)18-11)15-5-4-14-10-16(19-3)7-6-13(14)9-15/h4-7,9-12,17-18H,8H2,1-3H3. The van der Waals surface area contributed by atoms with Crippen LogP contribution in [0, 0.1) is 0 Å². The van der Waals surface area contributed by atoms with Crippen molar-refractivity contribution in [3.8, 4) is 5.75 Å². The van der Waals surface area contributed by atoms with Gasteiger partial charge in [-0.15, -0.1) is 0 Å². The first-order valence-corrected chi connectivity index (χ1v) is 7.01. The van der Waals surface area contributed by atoms with Crippen LogP contribution in [0.2, 0.25) is 0 Å². The molecule has 19 heavy (non-hydrogen) atoms. The van der Waals surface area contributed by atoms with Gasteiger partial charge in [-0.1, -0.05) is 24.3 Å². The predicted molar refractivity (Wildman–Crippen MR) is 79.9 cm³/mol. The highest BCUT2D eigenvalue weighted by atomic mass is 16.5. The number of benzene rings is 2. The molecule has 0 aliphatic carbocycles. The predicted octanol–water partition coefficient (Wildman–Crippen LogP) is 3.70. The second-order valence-electron chi connectivity index (χ2n) is 5.67. The van der Waals surface area contributed by atoms with E-state index in [1.54, 1.807) is 7.11 Å². The van der Waals surface area contributed by atoms with Gasteiger partial charge < -0.3 is 10.1 Å². The van der Waals surface area contributed by atoms with E-state index in [0.29, 0.717) is 18.0 Å². The number of hydrogen-bond acceptors (Lipinski definition) is 2. The molecule has 100 valence electrons. The van der Waals surface area contributed by atoms with Crippen LogP contribution in [0.1, 0.15) is 31.7 Å². The number of methoxy groups -OCH3 is 1. The Morgan fingerprint density at radius 3 is 2.47 bits per heavy atom. The number of fused-ring (bicyclic) bond motifs is 1. The van der Waals surface area contributed by atoms with E-state index in [0.717, 1.165) is 5.75 Å². The minimum Gasteiger partial charge on any atom is -0.497 e. The van der Waals surface area contributed by atoms with Crippen LogP contribution in [-0.4, -0.2) is 19.2 Å². The minimum absolute atomic E-state index is 0.561. The molecule has 0 spiro atoms. The Hall–Kier alpha value is -1.54. The molecule has 1 aliphatic heterocycles. The average molecular weight is 255 g/mol. The third-order valence-corrected chi connectivity index (χ3v) is 4.26. The molecule has 2 aromatic rings. The Bertz CT molecular complexity index is 593. The topological polar surface area (TPSA) is 21.3 Å². The van der Waals surface area contributed by atoms with Gasteiger partial charge in [-0.25, -0.2) is 0 Å². The van der Waals surface area contributed by atoms with E-state index < -0.39 is 0 Å². The van der Waals surface area contributed by atoms with Crippen molar-refractivity contribution in [3.63, 3.8) is 0 Å². The van der Waals surface area contributed by atoms with E-state index in [1.165, 1.54) is 22.8 Å². The van der Waals surface area contributed by atoms with Crippen molar-refractivity contribution in [1.82, 2.24) is 5.32 Å². The maximum atomic E-state index is 5.27. The molecular weight excluding hydrogens is 234 g/mol. The Morgan fingerprint density at radius 1 is 1.05 bits per heavy atom. The lowest BCUT2D eigenvalue weighted by Crippen LogP contribution is -2.26. The molecule has 1 heterocycles. The third-order valence-electron chi connectivity index (χ3n) is 4.26. The molecule has 3 unspecified atom stereocenters. The van der Waals surface area contributed by atoms with Gasteiger partial charge in [0.05, 0.1) is 7.11 Å². The summed E-state index contributed by atoms with van der Waals surface area (Å²) >= 11 is 0. The summed E-state index contributed by atoms with van der Waals surface area (Å²) in [6.07, 6.45) is 1.23. The summed E-state index contributed by atoms with van der Waals surface area (Å²) < 4.78 is 5.27. The van der Waals surface area contributed by atoms with Gasteiger partial charge in [-0.3, -0.25) is 0 Å². The lowest BCUT2D eigenvalue weighted by molar-refractivity contribution is 0.415. The quantitative estimate of drug-likeness (QED) is 0.883. The number of nitrogens with one attached hydrogen (secondary N) is 1. The molecule has 1 aliphatic rings. The Labute approximate surface area is 114 Å². The maximum Gasteiger partial charge on any atom is 0.119 e. The summed E-state index contributed by atoms with van der Waals surface area (Å²) in [6.45, 7) is 4.55. The molecule has 2 aromatic carbocycles. The molecule has 0 amide bonds. The SMILES string of the molecule is COc1ccc2cc(C3CC(C)NC3C)ccc2c1.